The Balaban J connectivity index is 1.18. The maximum Gasteiger partial charge on any atom is 0.387 e. The topological polar surface area (TPSA) is 65.1 Å². The number of hydrogen-bond acceptors (Lipinski definition) is 5. The van der Waals surface area contributed by atoms with E-state index >= 15 is 0 Å². The van der Waals surface area contributed by atoms with Gasteiger partial charge >= 0.3 is 6.61 Å². The third kappa shape index (κ3) is 5.71. The summed E-state index contributed by atoms with van der Waals surface area (Å²) >= 11 is 0. The highest BCUT2D eigenvalue weighted by molar-refractivity contribution is 5.94. The van der Waals surface area contributed by atoms with Crippen LogP contribution in [-0.4, -0.2) is 91.0 Å². The first kappa shape index (κ1) is 22.0. The SMILES string of the molecule is O=C(NC1CCN(CC(=O)N2CCN(C3CCC3)CC2)C1)c1ccc(OC(F)F)cc1. The van der Waals surface area contributed by atoms with E-state index in [2.05, 4.69) is 19.9 Å². The molecule has 170 valence electrons. The molecule has 1 aromatic carbocycles. The number of alkyl halides is 2. The monoisotopic (exact) mass is 436 g/mol. The Morgan fingerprint density at radius 1 is 1.03 bits per heavy atom. The molecule has 2 heterocycles. The van der Waals surface area contributed by atoms with Crippen LogP contribution in [0.2, 0.25) is 0 Å². The number of nitrogens with one attached hydrogen (secondary N) is 1. The molecule has 7 nitrogen and oxygen atoms in total. The van der Waals surface area contributed by atoms with E-state index in [0.717, 1.165) is 45.2 Å². The van der Waals surface area contributed by atoms with Crippen molar-refractivity contribution in [2.24, 2.45) is 0 Å². The van der Waals surface area contributed by atoms with E-state index in [1.54, 1.807) is 0 Å². The second kappa shape index (κ2) is 9.91. The van der Waals surface area contributed by atoms with Gasteiger partial charge in [-0.2, -0.15) is 8.78 Å². The van der Waals surface area contributed by atoms with Crippen molar-refractivity contribution in [1.82, 2.24) is 20.0 Å². The van der Waals surface area contributed by atoms with E-state index in [0.29, 0.717) is 18.7 Å². The summed E-state index contributed by atoms with van der Waals surface area (Å²) in [5.41, 5.74) is 0.389. The number of rotatable bonds is 7. The van der Waals surface area contributed by atoms with Crippen molar-refractivity contribution in [1.29, 1.82) is 0 Å². The summed E-state index contributed by atoms with van der Waals surface area (Å²) in [5, 5.41) is 2.97. The number of nitrogens with zero attached hydrogens (tertiary/aromatic N) is 3. The standard InChI is InChI=1S/C22H30F2N4O3/c23-22(24)31-19-6-4-16(5-7-19)21(30)25-17-8-9-26(14-17)15-20(29)28-12-10-27(11-13-28)18-2-1-3-18/h4-7,17-18,22H,1-3,8-15H2,(H,25,30). The Morgan fingerprint density at radius 3 is 2.35 bits per heavy atom. The lowest BCUT2D eigenvalue weighted by Crippen LogP contribution is -2.55. The van der Waals surface area contributed by atoms with Crippen LogP contribution >= 0.6 is 0 Å². The summed E-state index contributed by atoms with van der Waals surface area (Å²) in [5.74, 6) is -0.0747. The second-order valence-electron chi connectivity index (χ2n) is 8.60. The van der Waals surface area contributed by atoms with Crippen molar-refractivity contribution in [3.8, 4) is 5.75 Å². The quantitative estimate of drug-likeness (QED) is 0.706. The van der Waals surface area contributed by atoms with Gasteiger partial charge in [0.15, 0.2) is 0 Å². The molecule has 0 spiro atoms. The number of hydrogen-bond donors (Lipinski definition) is 1. The van der Waals surface area contributed by atoms with Gasteiger partial charge in [-0.1, -0.05) is 6.42 Å². The average molecular weight is 437 g/mol. The maximum absolute atomic E-state index is 12.7. The molecular weight excluding hydrogens is 406 g/mol. The lowest BCUT2D eigenvalue weighted by Gasteiger charge is -2.43. The first-order valence-corrected chi connectivity index (χ1v) is 11.1. The van der Waals surface area contributed by atoms with Gasteiger partial charge in [-0.3, -0.25) is 19.4 Å². The molecular formula is C22H30F2N4O3. The molecule has 1 N–H and O–H groups in total. The number of carbonyl (C=O) groups is 2. The first-order valence-electron chi connectivity index (χ1n) is 11.1. The van der Waals surface area contributed by atoms with Crippen LogP contribution in [0.3, 0.4) is 0 Å². The lowest BCUT2D eigenvalue weighted by molar-refractivity contribution is -0.134. The number of likely N-dealkylation sites (tertiary alicyclic amines) is 1. The summed E-state index contributed by atoms with van der Waals surface area (Å²) < 4.78 is 28.8. The fraction of sp³-hybridized carbons (Fsp3) is 0.636. The van der Waals surface area contributed by atoms with Crippen LogP contribution in [-0.2, 0) is 4.79 Å². The highest BCUT2D eigenvalue weighted by atomic mass is 19.3. The van der Waals surface area contributed by atoms with Gasteiger partial charge in [0.25, 0.3) is 5.91 Å². The normalized spacial score (nSPS) is 23.1. The van der Waals surface area contributed by atoms with Crippen molar-refractivity contribution in [3.05, 3.63) is 29.8 Å². The van der Waals surface area contributed by atoms with Crippen LogP contribution in [0.1, 0.15) is 36.0 Å². The largest absolute Gasteiger partial charge is 0.435 e. The minimum atomic E-state index is -2.89. The van der Waals surface area contributed by atoms with E-state index in [1.807, 2.05) is 4.90 Å². The van der Waals surface area contributed by atoms with E-state index < -0.39 is 6.61 Å². The zero-order valence-electron chi connectivity index (χ0n) is 17.6. The fourth-order valence-electron chi connectivity index (χ4n) is 4.53. The Kier molecular flexibility index (Phi) is 7.02. The smallest absolute Gasteiger partial charge is 0.387 e. The van der Waals surface area contributed by atoms with Gasteiger partial charge in [0.2, 0.25) is 5.91 Å². The molecule has 1 atom stereocenters. The third-order valence-electron chi connectivity index (χ3n) is 6.57. The minimum absolute atomic E-state index is 0.0191. The first-order chi connectivity index (χ1) is 15.0. The van der Waals surface area contributed by atoms with E-state index in [9.17, 15) is 18.4 Å². The molecule has 1 aliphatic carbocycles. The highest BCUT2D eigenvalue weighted by Crippen LogP contribution is 2.25. The van der Waals surface area contributed by atoms with Crippen LogP contribution in [0.5, 0.6) is 5.75 Å². The average Bonchev–Trinajstić information content (AvgIpc) is 3.14. The van der Waals surface area contributed by atoms with Gasteiger partial charge in [-0.05, 0) is 43.5 Å². The Bertz CT molecular complexity index is 765. The van der Waals surface area contributed by atoms with Crippen LogP contribution in [0.25, 0.3) is 0 Å². The Hall–Kier alpha value is -2.26. The minimum Gasteiger partial charge on any atom is -0.435 e. The number of piperazine rings is 1. The molecule has 1 unspecified atom stereocenters. The number of halogens is 2. The molecule has 2 saturated heterocycles. The van der Waals surface area contributed by atoms with Crippen LogP contribution in [0, 0.1) is 0 Å². The molecule has 2 aliphatic heterocycles. The Labute approximate surface area is 181 Å². The molecule has 9 heteroatoms. The number of carbonyl (C=O) groups excluding carboxylic acids is 2. The van der Waals surface area contributed by atoms with Crippen LogP contribution in [0.4, 0.5) is 8.78 Å². The molecule has 3 aliphatic rings. The maximum atomic E-state index is 12.7. The molecule has 0 radical (unpaired) electrons. The molecule has 0 bridgehead atoms. The summed E-state index contributed by atoms with van der Waals surface area (Å²) in [7, 11) is 0. The van der Waals surface area contributed by atoms with Crippen molar-refractivity contribution in [3.63, 3.8) is 0 Å². The summed E-state index contributed by atoms with van der Waals surface area (Å²) in [6, 6.07) is 6.33. The predicted octanol–water partition coefficient (Wildman–Crippen LogP) is 1.79. The molecule has 1 aromatic rings. The molecule has 4 rings (SSSR count). The van der Waals surface area contributed by atoms with Gasteiger partial charge in [0.05, 0.1) is 6.54 Å². The van der Waals surface area contributed by atoms with E-state index in [4.69, 9.17) is 0 Å². The Morgan fingerprint density at radius 2 is 1.74 bits per heavy atom. The van der Waals surface area contributed by atoms with Gasteiger partial charge in [0.1, 0.15) is 5.75 Å². The fourth-order valence-corrected chi connectivity index (χ4v) is 4.53. The number of amides is 2. The summed E-state index contributed by atoms with van der Waals surface area (Å²) in [6.07, 6.45) is 4.70. The highest BCUT2D eigenvalue weighted by Gasteiger charge is 2.31. The van der Waals surface area contributed by atoms with Crippen LogP contribution < -0.4 is 10.1 Å². The van der Waals surface area contributed by atoms with Gasteiger partial charge in [0, 0.05) is 56.9 Å². The molecule has 2 amide bonds. The lowest BCUT2D eigenvalue weighted by atomic mass is 9.91. The number of benzene rings is 1. The molecule has 3 fully saturated rings. The summed E-state index contributed by atoms with van der Waals surface area (Å²) in [6.45, 7) is 2.43. The zero-order valence-corrected chi connectivity index (χ0v) is 17.6. The second-order valence-corrected chi connectivity index (χ2v) is 8.60. The molecule has 31 heavy (non-hydrogen) atoms. The van der Waals surface area contributed by atoms with Crippen molar-refractivity contribution in [2.45, 2.75) is 44.4 Å². The molecule has 0 aromatic heterocycles. The number of ether oxygens (including phenoxy) is 1. The van der Waals surface area contributed by atoms with Crippen molar-refractivity contribution >= 4 is 11.8 Å². The van der Waals surface area contributed by atoms with Gasteiger partial charge in [-0.25, -0.2) is 0 Å². The molecule has 1 saturated carbocycles. The van der Waals surface area contributed by atoms with Crippen molar-refractivity contribution in [2.75, 3.05) is 45.8 Å². The van der Waals surface area contributed by atoms with E-state index in [1.165, 1.54) is 43.5 Å². The van der Waals surface area contributed by atoms with E-state index in [-0.39, 0.29) is 23.6 Å². The summed E-state index contributed by atoms with van der Waals surface area (Å²) in [4.78, 5) is 31.7. The third-order valence-corrected chi connectivity index (χ3v) is 6.57. The van der Waals surface area contributed by atoms with Gasteiger partial charge in [-0.15, -0.1) is 0 Å². The van der Waals surface area contributed by atoms with Crippen LogP contribution in [0.15, 0.2) is 24.3 Å². The predicted molar refractivity (Wildman–Crippen MR) is 111 cm³/mol. The van der Waals surface area contributed by atoms with Crippen molar-refractivity contribution < 1.29 is 23.1 Å². The zero-order chi connectivity index (χ0) is 21.8. The van der Waals surface area contributed by atoms with Gasteiger partial charge < -0.3 is 15.0 Å².